The summed E-state index contributed by atoms with van der Waals surface area (Å²) in [6.45, 7) is 3.65. The number of aliphatic imine (C=N–C) groups is 1. The van der Waals surface area contributed by atoms with Gasteiger partial charge in [-0.2, -0.15) is 3.89 Å². The Morgan fingerprint density at radius 1 is 1.62 bits per heavy atom. The molecule has 1 aliphatic rings. The van der Waals surface area contributed by atoms with E-state index in [-0.39, 0.29) is 0 Å². The van der Waals surface area contributed by atoms with Gasteiger partial charge in [0.15, 0.2) is 0 Å². The summed E-state index contributed by atoms with van der Waals surface area (Å²) in [5.41, 5.74) is 2.12. The van der Waals surface area contributed by atoms with Crippen LogP contribution in [-0.4, -0.2) is 37.8 Å². The highest BCUT2D eigenvalue weighted by molar-refractivity contribution is 7.98. The average molecular weight is 202 g/mol. The predicted octanol–water partition coefficient (Wildman–Crippen LogP) is 2.28. The molecule has 1 saturated heterocycles. The number of hydrogen-bond donors (Lipinski definition) is 0. The number of halogens is 1. The number of nitrogens with zero attached hydrogens (tertiary/aromatic N) is 2. The number of allylic oxidation sites excluding steroid dienone is 1. The molecule has 0 radical (unpaired) electrons. The van der Waals surface area contributed by atoms with Crippen molar-refractivity contribution in [1.82, 2.24) is 4.90 Å². The second-order valence-corrected chi connectivity index (χ2v) is 4.04. The molecule has 13 heavy (non-hydrogen) atoms. The average Bonchev–Trinajstić information content (AvgIpc) is 2.16. The van der Waals surface area contributed by atoms with E-state index in [0.29, 0.717) is 12.1 Å². The molecule has 0 bridgehead atoms. The first kappa shape index (κ1) is 10.7. The van der Waals surface area contributed by atoms with Gasteiger partial charge in [0.25, 0.3) is 0 Å². The molecule has 0 aromatic carbocycles. The van der Waals surface area contributed by atoms with Crippen LogP contribution in [0.1, 0.15) is 13.3 Å². The molecule has 0 unspecified atom stereocenters. The number of piperidine rings is 1. The third-order valence-corrected chi connectivity index (χ3v) is 2.80. The van der Waals surface area contributed by atoms with Gasteiger partial charge >= 0.3 is 0 Å². The summed E-state index contributed by atoms with van der Waals surface area (Å²) in [5.74, 6) is 0. The molecule has 74 valence electrons. The van der Waals surface area contributed by atoms with Crippen molar-refractivity contribution in [3.8, 4) is 0 Å². The Hall–Kier alpha value is -0.350. The lowest BCUT2D eigenvalue weighted by molar-refractivity contribution is 0.373. The molecule has 1 fully saturated rings. The van der Waals surface area contributed by atoms with Crippen LogP contribution < -0.4 is 0 Å². The molecule has 0 atom stereocenters. The minimum absolute atomic E-state index is 0.332. The van der Waals surface area contributed by atoms with E-state index in [1.165, 1.54) is 0 Å². The highest BCUT2D eigenvalue weighted by Crippen LogP contribution is 2.25. The summed E-state index contributed by atoms with van der Waals surface area (Å²) >= 11 is 0.332. The first-order valence-electron chi connectivity index (χ1n) is 4.32. The van der Waals surface area contributed by atoms with Crippen molar-refractivity contribution in [1.29, 1.82) is 0 Å². The Balaban J connectivity index is 2.87. The summed E-state index contributed by atoms with van der Waals surface area (Å²) in [5, 5.41) is 0. The SMILES string of the molecule is CN=C1CN(C)CC/C1=C(/C)SF. The molecule has 0 aromatic heterocycles. The molecule has 0 N–H and O–H groups in total. The van der Waals surface area contributed by atoms with Crippen molar-refractivity contribution in [2.45, 2.75) is 13.3 Å². The van der Waals surface area contributed by atoms with Crippen molar-refractivity contribution in [2.24, 2.45) is 4.99 Å². The Morgan fingerprint density at radius 2 is 2.31 bits per heavy atom. The zero-order chi connectivity index (χ0) is 9.84. The molecule has 1 aliphatic heterocycles. The summed E-state index contributed by atoms with van der Waals surface area (Å²) in [7, 11) is 3.82. The third-order valence-electron chi connectivity index (χ3n) is 2.32. The van der Waals surface area contributed by atoms with Crippen LogP contribution in [-0.2, 0) is 0 Å². The lowest BCUT2D eigenvalue weighted by Crippen LogP contribution is -2.34. The molecule has 0 amide bonds. The highest BCUT2D eigenvalue weighted by Gasteiger charge is 2.18. The lowest BCUT2D eigenvalue weighted by atomic mass is 10.0. The maximum absolute atomic E-state index is 12.4. The topological polar surface area (TPSA) is 15.6 Å². The van der Waals surface area contributed by atoms with Crippen molar-refractivity contribution in [2.75, 3.05) is 27.2 Å². The van der Waals surface area contributed by atoms with E-state index in [1.807, 2.05) is 6.92 Å². The number of likely N-dealkylation sites (tertiary alicyclic amines) is 1. The van der Waals surface area contributed by atoms with Gasteiger partial charge in [-0.25, -0.2) is 0 Å². The monoisotopic (exact) mass is 202 g/mol. The number of hydrogen-bond acceptors (Lipinski definition) is 3. The minimum atomic E-state index is 0.332. The maximum atomic E-state index is 12.4. The quantitative estimate of drug-likeness (QED) is 0.648. The molecule has 1 heterocycles. The molecular formula is C9H15FN2S. The first-order valence-corrected chi connectivity index (χ1v) is 5.03. The van der Waals surface area contributed by atoms with Crippen molar-refractivity contribution < 1.29 is 3.89 Å². The Bertz CT molecular complexity index is 248. The molecule has 0 aliphatic carbocycles. The fourth-order valence-electron chi connectivity index (χ4n) is 1.51. The van der Waals surface area contributed by atoms with Crippen LogP contribution in [0.3, 0.4) is 0 Å². The Labute approximate surface area is 83.2 Å². The predicted molar refractivity (Wildman–Crippen MR) is 56.9 cm³/mol. The zero-order valence-electron chi connectivity index (χ0n) is 8.30. The van der Waals surface area contributed by atoms with Gasteiger partial charge in [-0.15, -0.1) is 0 Å². The molecule has 0 spiro atoms. The van der Waals surface area contributed by atoms with E-state index < -0.39 is 0 Å². The Kier molecular flexibility index (Phi) is 3.93. The van der Waals surface area contributed by atoms with Gasteiger partial charge in [0.05, 0.1) is 17.9 Å². The molecule has 0 saturated carbocycles. The van der Waals surface area contributed by atoms with Crippen LogP contribution in [0.15, 0.2) is 15.5 Å². The molecule has 4 heteroatoms. The van der Waals surface area contributed by atoms with Crippen molar-refractivity contribution in [3.05, 3.63) is 10.5 Å². The van der Waals surface area contributed by atoms with Gasteiger partial charge in [-0.1, -0.05) is 0 Å². The van der Waals surface area contributed by atoms with Crippen LogP contribution >= 0.6 is 12.1 Å². The van der Waals surface area contributed by atoms with E-state index >= 15 is 0 Å². The molecular weight excluding hydrogens is 187 g/mol. The number of rotatable bonds is 1. The van der Waals surface area contributed by atoms with Crippen LogP contribution in [0.5, 0.6) is 0 Å². The standard InChI is InChI=1S/C9H15FN2S/c1-7(13-10)8-4-5-12(3)6-9(8)11-2/h4-6H2,1-3H3/b8-7+,11-9?. The summed E-state index contributed by atoms with van der Waals surface area (Å²) in [6, 6.07) is 0. The van der Waals surface area contributed by atoms with Gasteiger partial charge in [-0.3, -0.25) is 4.99 Å². The van der Waals surface area contributed by atoms with Gasteiger partial charge < -0.3 is 4.90 Å². The van der Waals surface area contributed by atoms with Crippen LogP contribution in [0.4, 0.5) is 3.89 Å². The van der Waals surface area contributed by atoms with Crippen LogP contribution in [0, 0.1) is 0 Å². The Morgan fingerprint density at radius 3 is 2.85 bits per heavy atom. The lowest BCUT2D eigenvalue weighted by Gasteiger charge is -2.26. The fraction of sp³-hybridized carbons (Fsp3) is 0.667. The van der Waals surface area contributed by atoms with E-state index in [9.17, 15) is 3.89 Å². The summed E-state index contributed by atoms with van der Waals surface area (Å²) in [4.78, 5) is 7.14. The van der Waals surface area contributed by atoms with Gasteiger partial charge in [-0.05, 0) is 26.0 Å². The second kappa shape index (κ2) is 4.77. The van der Waals surface area contributed by atoms with E-state index in [0.717, 1.165) is 35.7 Å². The van der Waals surface area contributed by atoms with Crippen molar-refractivity contribution >= 4 is 17.9 Å². The fourth-order valence-corrected chi connectivity index (χ4v) is 1.82. The van der Waals surface area contributed by atoms with Crippen LogP contribution in [0.25, 0.3) is 0 Å². The van der Waals surface area contributed by atoms with E-state index in [2.05, 4.69) is 16.9 Å². The minimum Gasteiger partial charge on any atom is -0.300 e. The normalized spacial score (nSPS) is 26.6. The summed E-state index contributed by atoms with van der Waals surface area (Å²) < 4.78 is 12.4. The van der Waals surface area contributed by atoms with Crippen LogP contribution in [0.2, 0.25) is 0 Å². The summed E-state index contributed by atoms with van der Waals surface area (Å²) in [6.07, 6.45) is 0.909. The van der Waals surface area contributed by atoms with Crippen molar-refractivity contribution in [3.63, 3.8) is 0 Å². The smallest absolute Gasteiger partial charge is 0.0768 e. The van der Waals surface area contributed by atoms with Gasteiger partial charge in [0.2, 0.25) is 0 Å². The second-order valence-electron chi connectivity index (χ2n) is 3.27. The largest absolute Gasteiger partial charge is 0.300 e. The zero-order valence-corrected chi connectivity index (χ0v) is 9.12. The van der Waals surface area contributed by atoms with Gasteiger partial charge in [0, 0.05) is 25.0 Å². The first-order chi connectivity index (χ1) is 6.19. The molecule has 2 nitrogen and oxygen atoms in total. The molecule has 1 rings (SSSR count). The van der Waals surface area contributed by atoms with E-state index in [4.69, 9.17) is 0 Å². The van der Waals surface area contributed by atoms with Gasteiger partial charge in [0.1, 0.15) is 0 Å². The molecule has 0 aromatic rings. The highest BCUT2D eigenvalue weighted by atomic mass is 32.2. The van der Waals surface area contributed by atoms with E-state index in [1.54, 1.807) is 7.05 Å². The third kappa shape index (κ3) is 2.54. The maximum Gasteiger partial charge on any atom is 0.0768 e.